The molecule has 0 aromatic heterocycles. The Morgan fingerprint density at radius 2 is 1.50 bits per heavy atom. The molecule has 1 rings (SSSR count). The van der Waals surface area contributed by atoms with E-state index in [0.29, 0.717) is 6.10 Å². The van der Waals surface area contributed by atoms with Crippen molar-refractivity contribution in [1.29, 1.82) is 0 Å². The Labute approximate surface area is 102 Å². The van der Waals surface area contributed by atoms with Gasteiger partial charge in [-0.15, -0.1) is 0 Å². The number of benzene rings is 1. The Kier molecular flexibility index (Phi) is 21.3. The highest BCUT2D eigenvalue weighted by Gasteiger charge is 1.93. The van der Waals surface area contributed by atoms with Crippen molar-refractivity contribution in [2.75, 3.05) is 7.05 Å². The van der Waals surface area contributed by atoms with Gasteiger partial charge in [-0.05, 0) is 26.5 Å². The van der Waals surface area contributed by atoms with E-state index in [1.807, 2.05) is 45.9 Å². The first-order valence-corrected chi connectivity index (χ1v) is 5.52. The van der Waals surface area contributed by atoms with Crippen molar-refractivity contribution in [3.8, 4) is 0 Å². The molecular formula is C14H29NO. The zero-order valence-corrected chi connectivity index (χ0v) is 10.7. The molecule has 0 aliphatic heterocycles. The van der Waals surface area contributed by atoms with Gasteiger partial charge in [-0.2, -0.15) is 0 Å². The molecule has 2 heteroatoms. The van der Waals surface area contributed by atoms with Crippen LogP contribution in [0.3, 0.4) is 0 Å². The zero-order valence-electron chi connectivity index (χ0n) is 10.7. The minimum absolute atomic E-state index is 0. The molecule has 1 aromatic carbocycles. The molecule has 0 saturated carbocycles. The summed E-state index contributed by atoms with van der Waals surface area (Å²) in [6.45, 7) is 8.81. The maximum absolute atomic E-state index is 5.43. The topological polar surface area (TPSA) is 35.2 Å². The summed E-state index contributed by atoms with van der Waals surface area (Å²) >= 11 is 0. The van der Waals surface area contributed by atoms with Crippen molar-refractivity contribution >= 4 is 0 Å². The Morgan fingerprint density at radius 1 is 1.06 bits per heavy atom. The van der Waals surface area contributed by atoms with Gasteiger partial charge in [-0.25, -0.2) is 0 Å². The van der Waals surface area contributed by atoms with Crippen molar-refractivity contribution in [3.63, 3.8) is 0 Å². The van der Waals surface area contributed by atoms with Gasteiger partial charge in [0.2, 0.25) is 0 Å². The van der Waals surface area contributed by atoms with Crippen LogP contribution in [0.4, 0.5) is 0 Å². The van der Waals surface area contributed by atoms with Crippen molar-refractivity contribution in [1.82, 2.24) is 0 Å². The molecule has 0 unspecified atom stereocenters. The molecule has 0 amide bonds. The van der Waals surface area contributed by atoms with Crippen LogP contribution in [0.2, 0.25) is 0 Å². The van der Waals surface area contributed by atoms with Gasteiger partial charge in [0.1, 0.15) is 0 Å². The summed E-state index contributed by atoms with van der Waals surface area (Å²) in [6.07, 6.45) is 0.315. The number of ether oxygens (including phenoxy) is 1. The third-order valence-electron chi connectivity index (χ3n) is 1.43. The lowest BCUT2D eigenvalue weighted by atomic mass is 10.2. The molecule has 0 heterocycles. The monoisotopic (exact) mass is 227 g/mol. The van der Waals surface area contributed by atoms with Gasteiger partial charge < -0.3 is 10.5 Å². The highest BCUT2D eigenvalue weighted by molar-refractivity contribution is 5.13. The SMILES string of the molecule is C.CC.CC(C)OCc1ccccc1.CN. The minimum Gasteiger partial charge on any atom is -0.374 e. The van der Waals surface area contributed by atoms with Crippen LogP contribution < -0.4 is 5.73 Å². The molecule has 0 radical (unpaired) electrons. The average molecular weight is 227 g/mol. The van der Waals surface area contributed by atoms with Crippen LogP contribution in [0.15, 0.2) is 30.3 Å². The highest BCUT2D eigenvalue weighted by Crippen LogP contribution is 2.02. The lowest BCUT2D eigenvalue weighted by Gasteiger charge is -2.06. The molecule has 16 heavy (non-hydrogen) atoms. The van der Waals surface area contributed by atoms with Gasteiger partial charge in [0.25, 0.3) is 0 Å². The van der Waals surface area contributed by atoms with Crippen molar-refractivity contribution in [2.24, 2.45) is 5.73 Å². The fraction of sp³-hybridized carbons (Fsp3) is 0.571. The standard InChI is InChI=1S/C10H14O.C2H6.CH5N.CH4/c1-9(2)11-8-10-6-4-3-5-7-10;2*1-2;/h3-7,9H,8H2,1-2H3;1-2H3;2H2,1H3;1H4. The van der Waals surface area contributed by atoms with Gasteiger partial charge >= 0.3 is 0 Å². The summed E-state index contributed by atoms with van der Waals surface area (Å²) < 4.78 is 5.43. The quantitative estimate of drug-likeness (QED) is 0.851. The molecule has 0 saturated heterocycles. The second-order valence-corrected chi connectivity index (χ2v) is 2.85. The van der Waals surface area contributed by atoms with E-state index in [9.17, 15) is 0 Å². The van der Waals surface area contributed by atoms with Crippen LogP contribution in [-0.4, -0.2) is 13.2 Å². The molecule has 1 aromatic rings. The van der Waals surface area contributed by atoms with E-state index >= 15 is 0 Å². The summed E-state index contributed by atoms with van der Waals surface area (Å²) in [5.41, 5.74) is 5.74. The normalized spacial score (nSPS) is 7.94. The van der Waals surface area contributed by atoms with E-state index in [4.69, 9.17) is 4.74 Å². The first-order valence-electron chi connectivity index (χ1n) is 5.52. The lowest BCUT2D eigenvalue weighted by Crippen LogP contribution is -2.01. The van der Waals surface area contributed by atoms with Crippen LogP contribution in [0, 0.1) is 0 Å². The number of hydrogen-bond donors (Lipinski definition) is 1. The molecule has 0 bridgehead atoms. The Morgan fingerprint density at radius 3 is 1.88 bits per heavy atom. The molecule has 0 aliphatic carbocycles. The van der Waals surface area contributed by atoms with Crippen LogP contribution in [0.5, 0.6) is 0 Å². The Bertz CT molecular complexity index is 197. The van der Waals surface area contributed by atoms with Crippen molar-refractivity contribution < 1.29 is 4.74 Å². The fourth-order valence-electron chi connectivity index (χ4n) is 0.837. The zero-order chi connectivity index (χ0) is 12.1. The predicted octanol–water partition coefficient (Wildman–Crippen LogP) is 3.85. The summed E-state index contributed by atoms with van der Waals surface area (Å²) in [4.78, 5) is 0. The molecule has 2 N–H and O–H groups in total. The Hall–Kier alpha value is -0.860. The Balaban J connectivity index is -0.000000305. The van der Waals surface area contributed by atoms with Crippen LogP contribution in [0.25, 0.3) is 0 Å². The average Bonchev–Trinajstić information content (AvgIpc) is 2.33. The van der Waals surface area contributed by atoms with E-state index in [1.165, 1.54) is 12.6 Å². The number of rotatable bonds is 3. The van der Waals surface area contributed by atoms with Gasteiger partial charge in [-0.3, -0.25) is 0 Å². The second-order valence-electron chi connectivity index (χ2n) is 2.85. The summed E-state index contributed by atoms with van der Waals surface area (Å²) in [6, 6.07) is 10.2. The molecule has 2 nitrogen and oxygen atoms in total. The first kappa shape index (κ1) is 20.5. The van der Waals surface area contributed by atoms with E-state index in [0.717, 1.165) is 6.61 Å². The van der Waals surface area contributed by atoms with Gasteiger partial charge in [-0.1, -0.05) is 51.6 Å². The fourth-order valence-corrected chi connectivity index (χ4v) is 0.837. The van der Waals surface area contributed by atoms with E-state index in [1.54, 1.807) is 0 Å². The highest BCUT2D eigenvalue weighted by atomic mass is 16.5. The molecule has 96 valence electrons. The third-order valence-corrected chi connectivity index (χ3v) is 1.43. The van der Waals surface area contributed by atoms with Crippen LogP contribution >= 0.6 is 0 Å². The van der Waals surface area contributed by atoms with Gasteiger partial charge in [0, 0.05) is 0 Å². The first-order chi connectivity index (χ1) is 7.29. The molecular weight excluding hydrogens is 198 g/mol. The minimum atomic E-state index is 0. The smallest absolute Gasteiger partial charge is 0.0720 e. The maximum Gasteiger partial charge on any atom is 0.0720 e. The second kappa shape index (κ2) is 16.6. The van der Waals surface area contributed by atoms with Crippen molar-refractivity contribution in [2.45, 2.75) is 47.8 Å². The van der Waals surface area contributed by atoms with Crippen LogP contribution in [-0.2, 0) is 11.3 Å². The maximum atomic E-state index is 5.43. The summed E-state index contributed by atoms with van der Waals surface area (Å²) in [7, 11) is 1.50. The predicted molar refractivity (Wildman–Crippen MR) is 74.6 cm³/mol. The third kappa shape index (κ3) is 13.1. The molecule has 0 spiro atoms. The lowest BCUT2D eigenvalue weighted by molar-refractivity contribution is 0.0657. The largest absolute Gasteiger partial charge is 0.374 e. The van der Waals surface area contributed by atoms with E-state index in [-0.39, 0.29) is 7.43 Å². The number of hydrogen-bond acceptors (Lipinski definition) is 2. The van der Waals surface area contributed by atoms with Gasteiger partial charge in [0.05, 0.1) is 12.7 Å². The van der Waals surface area contributed by atoms with E-state index in [2.05, 4.69) is 17.9 Å². The molecule has 0 aliphatic rings. The summed E-state index contributed by atoms with van der Waals surface area (Å²) in [5.74, 6) is 0. The molecule has 0 atom stereocenters. The van der Waals surface area contributed by atoms with Gasteiger partial charge in [0.15, 0.2) is 0 Å². The molecule has 0 fully saturated rings. The van der Waals surface area contributed by atoms with Crippen LogP contribution in [0.1, 0.15) is 40.7 Å². The van der Waals surface area contributed by atoms with E-state index < -0.39 is 0 Å². The summed E-state index contributed by atoms with van der Waals surface area (Å²) in [5, 5.41) is 0. The number of nitrogens with two attached hydrogens (primary N) is 1. The van der Waals surface area contributed by atoms with Crippen molar-refractivity contribution in [3.05, 3.63) is 35.9 Å².